The Bertz CT molecular complexity index is 1020. The molecule has 7 heteroatoms. The summed E-state index contributed by atoms with van der Waals surface area (Å²) in [5, 5.41) is 10.7. The number of ether oxygens (including phenoxy) is 4. The van der Waals surface area contributed by atoms with Gasteiger partial charge in [0.15, 0.2) is 12.6 Å². The van der Waals surface area contributed by atoms with Gasteiger partial charge in [0.05, 0.1) is 17.7 Å². The maximum absolute atomic E-state index is 10.1. The zero-order valence-corrected chi connectivity index (χ0v) is 18.0. The van der Waals surface area contributed by atoms with Crippen LogP contribution in [0.4, 0.5) is 0 Å². The Kier molecular flexibility index (Phi) is 6.50. The van der Waals surface area contributed by atoms with E-state index in [4.69, 9.17) is 30.5 Å². The first kappa shape index (κ1) is 21.5. The Morgan fingerprint density at radius 3 is 1.88 bits per heavy atom. The quantitative estimate of drug-likeness (QED) is 0.623. The number of nitrogens with zero attached hydrogens (tertiary/aromatic N) is 1. The summed E-state index contributed by atoms with van der Waals surface area (Å²) in [5.41, 5.74) is 2.67. The van der Waals surface area contributed by atoms with Gasteiger partial charge in [-0.15, -0.1) is 0 Å². The number of aliphatic hydroxyl groups excluding tert-OH is 1. The minimum Gasteiger partial charge on any atom is -0.394 e. The molecule has 0 spiro atoms. The Morgan fingerprint density at radius 2 is 1.31 bits per heavy atom. The van der Waals surface area contributed by atoms with Crippen LogP contribution in [0.5, 0.6) is 0 Å². The van der Waals surface area contributed by atoms with Gasteiger partial charge in [0.1, 0.15) is 18.3 Å². The minimum absolute atomic E-state index is 0.196. The molecule has 166 valence electrons. The van der Waals surface area contributed by atoms with E-state index in [-0.39, 0.29) is 12.7 Å². The summed E-state index contributed by atoms with van der Waals surface area (Å²) in [6.07, 6.45) is 0.682. The molecule has 5 rings (SSSR count). The molecule has 0 saturated carbocycles. The molecule has 0 aliphatic carbocycles. The van der Waals surface area contributed by atoms with Crippen LogP contribution in [0, 0.1) is 0 Å². The van der Waals surface area contributed by atoms with E-state index in [2.05, 4.69) is 4.98 Å². The van der Waals surface area contributed by atoms with Crippen molar-refractivity contribution in [2.24, 2.45) is 0 Å². The van der Waals surface area contributed by atoms with Crippen LogP contribution in [0.2, 0.25) is 5.02 Å². The van der Waals surface area contributed by atoms with Gasteiger partial charge < -0.3 is 24.1 Å². The van der Waals surface area contributed by atoms with Crippen LogP contribution in [-0.4, -0.2) is 41.1 Å². The third-order valence-electron chi connectivity index (χ3n) is 5.82. The van der Waals surface area contributed by atoms with Crippen LogP contribution < -0.4 is 0 Å². The molecule has 2 fully saturated rings. The van der Waals surface area contributed by atoms with Crippen molar-refractivity contribution in [1.82, 2.24) is 4.98 Å². The van der Waals surface area contributed by atoms with Gasteiger partial charge in [-0.3, -0.25) is 4.98 Å². The molecule has 2 aromatic carbocycles. The van der Waals surface area contributed by atoms with Gasteiger partial charge in [-0.2, -0.15) is 0 Å². The summed E-state index contributed by atoms with van der Waals surface area (Å²) in [6.45, 7) is -0.196. The molecular weight excluding hydrogens is 430 g/mol. The molecular formula is C25H24ClNO5. The summed E-state index contributed by atoms with van der Waals surface area (Å²) >= 11 is 6.40. The van der Waals surface area contributed by atoms with Crippen molar-refractivity contribution in [1.29, 1.82) is 0 Å². The summed E-state index contributed by atoms with van der Waals surface area (Å²) in [4.78, 5) is 4.08. The summed E-state index contributed by atoms with van der Waals surface area (Å²) in [5.74, 6) is 0. The number of aromatic nitrogens is 1. The fourth-order valence-electron chi connectivity index (χ4n) is 4.21. The standard InChI is InChI=1S/C25H24ClNO5/c26-19-14-27-12-11-18(19)13-20-22-23(32-24(29-20)16-7-3-1-4-8-16)21(15-28)30-25(31-22)17-9-5-2-6-10-17/h1-12,14,20-25,28H,13,15H2. The molecule has 0 amide bonds. The second kappa shape index (κ2) is 9.67. The average Bonchev–Trinajstić information content (AvgIpc) is 2.86. The summed E-state index contributed by atoms with van der Waals surface area (Å²) < 4.78 is 25.2. The fourth-order valence-corrected chi connectivity index (χ4v) is 4.40. The number of pyridine rings is 1. The summed E-state index contributed by atoms with van der Waals surface area (Å²) in [6, 6.07) is 21.3. The number of aliphatic hydroxyl groups is 1. The molecule has 2 aliphatic heterocycles. The number of fused-ring (bicyclic) bond motifs is 1. The lowest BCUT2D eigenvalue weighted by Crippen LogP contribution is -2.59. The van der Waals surface area contributed by atoms with Crippen molar-refractivity contribution < 1.29 is 24.1 Å². The van der Waals surface area contributed by atoms with Gasteiger partial charge in [-0.1, -0.05) is 72.3 Å². The topological polar surface area (TPSA) is 70.0 Å². The second-order valence-corrected chi connectivity index (χ2v) is 8.30. The Balaban J connectivity index is 1.48. The fraction of sp³-hybridized carbons (Fsp3) is 0.320. The number of benzene rings is 2. The van der Waals surface area contributed by atoms with Crippen LogP contribution >= 0.6 is 11.6 Å². The van der Waals surface area contributed by atoms with Crippen LogP contribution in [0.25, 0.3) is 0 Å². The number of hydrogen-bond donors (Lipinski definition) is 1. The normalized spacial score (nSPS) is 29.9. The lowest BCUT2D eigenvalue weighted by molar-refractivity contribution is -0.384. The highest BCUT2D eigenvalue weighted by Gasteiger charge is 2.50. The SMILES string of the molecule is OCC1OC(c2ccccc2)OC2C(Cc3ccncc3Cl)OC(c3ccccc3)OC12. The molecule has 0 radical (unpaired) electrons. The Morgan fingerprint density at radius 1 is 0.750 bits per heavy atom. The van der Waals surface area contributed by atoms with Crippen LogP contribution in [0.15, 0.2) is 79.1 Å². The molecule has 1 aromatic heterocycles. The van der Waals surface area contributed by atoms with Crippen molar-refractivity contribution in [3.05, 3.63) is 101 Å². The Hall–Kier alpha value is -2.32. The third kappa shape index (κ3) is 4.43. The molecule has 3 heterocycles. The maximum Gasteiger partial charge on any atom is 0.184 e. The molecule has 3 aromatic rings. The molecule has 6 atom stereocenters. The van der Waals surface area contributed by atoms with Crippen molar-refractivity contribution >= 4 is 11.6 Å². The number of rotatable bonds is 5. The highest BCUT2D eigenvalue weighted by atomic mass is 35.5. The van der Waals surface area contributed by atoms with E-state index >= 15 is 0 Å². The van der Waals surface area contributed by atoms with Gasteiger partial charge in [0.25, 0.3) is 0 Å². The molecule has 2 aliphatic rings. The smallest absolute Gasteiger partial charge is 0.184 e. The molecule has 32 heavy (non-hydrogen) atoms. The molecule has 2 saturated heterocycles. The van der Waals surface area contributed by atoms with Gasteiger partial charge in [0, 0.05) is 29.9 Å². The number of hydrogen-bond acceptors (Lipinski definition) is 6. The first-order chi connectivity index (χ1) is 15.7. The predicted molar refractivity (Wildman–Crippen MR) is 118 cm³/mol. The first-order valence-corrected chi connectivity index (χ1v) is 11.0. The van der Waals surface area contributed by atoms with Gasteiger partial charge in [-0.05, 0) is 11.6 Å². The lowest BCUT2D eigenvalue weighted by atomic mass is 9.94. The predicted octanol–water partition coefficient (Wildman–Crippen LogP) is 4.24. The van der Waals surface area contributed by atoms with Crippen LogP contribution in [0.1, 0.15) is 29.3 Å². The van der Waals surface area contributed by atoms with E-state index in [1.165, 1.54) is 0 Å². The third-order valence-corrected chi connectivity index (χ3v) is 6.16. The van der Waals surface area contributed by atoms with E-state index in [1.807, 2.05) is 66.7 Å². The van der Waals surface area contributed by atoms with E-state index < -0.39 is 30.9 Å². The Labute approximate surface area is 191 Å². The first-order valence-electron chi connectivity index (χ1n) is 10.6. The monoisotopic (exact) mass is 453 g/mol. The van der Waals surface area contributed by atoms with Crippen molar-refractivity contribution in [3.8, 4) is 0 Å². The highest BCUT2D eigenvalue weighted by Crippen LogP contribution is 2.41. The molecule has 6 unspecified atom stereocenters. The largest absolute Gasteiger partial charge is 0.394 e. The zero-order valence-electron chi connectivity index (χ0n) is 17.3. The van der Waals surface area contributed by atoms with Crippen molar-refractivity contribution in [2.75, 3.05) is 6.61 Å². The molecule has 6 nitrogen and oxygen atoms in total. The van der Waals surface area contributed by atoms with Crippen molar-refractivity contribution in [3.63, 3.8) is 0 Å². The molecule has 1 N–H and O–H groups in total. The van der Waals surface area contributed by atoms with E-state index in [9.17, 15) is 5.11 Å². The average molecular weight is 454 g/mol. The zero-order chi connectivity index (χ0) is 21.9. The van der Waals surface area contributed by atoms with Crippen LogP contribution in [-0.2, 0) is 25.4 Å². The molecule has 0 bridgehead atoms. The van der Waals surface area contributed by atoms with E-state index in [0.29, 0.717) is 11.4 Å². The maximum atomic E-state index is 10.1. The van der Waals surface area contributed by atoms with Gasteiger partial charge in [-0.25, -0.2) is 0 Å². The number of halogens is 1. The van der Waals surface area contributed by atoms with Gasteiger partial charge >= 0.3 is 0 Å². The highest BCUT2D eigenvalue weighted by molar-refractivity contribution is 6.31. The lowest BCUT2D eigenvalue weighted by Gasteiger charge is -2.49. The van der Waals surface area contributed by atoms with E-state index in [0.717, 1.165) is 16.7 Å². The van der Waals surface area contributed by atoms with Gasteiger partial charge in [0.2, 0.25) is 0 Å². The summed E-state index contributed by atoms with van der Waals surface area (Å²) in [7, 11) is 0. The van der Waals surface area contributed by atoms with Crippen molar-refractivity contribution in [2.45, 2.75) is 43.4 Å². The van der Waals surface area contributed by atoms with E-state index in [1.54, 1.807) is 12.4 Å². The van der Waals surface area contributed by atoms with Crippen LogP contribution in [0.3, 0.4) is 0 Å². The second-order valence-electron chi connectivity index (χ2n) is 7.89. The minimum atomic E-state index is -0.634.